The van der Waals surface area contributed by atoms with E-state index in [0.717, 1.165) is 0 Å². The van der Waals surface area contributed by atoms with Gasteiger partial charge in [0.1, 0.15) is 0 Å². The number of carbonyl (C=O) groups excluding carboxylic acids is 2. The first kappa shape index (κ1) is 13.5. The zero-order valence-corrected chi connectivity index (χ0v) is 10.6. The van der Waals surface area contributed by atoms with Gasteiger partial charge < -0.3 is 10.2 Å². The summed E-state index contributed by atoms with van der Waals surface area (Å²) in [7, 11) is 0. The molecule has 1 rings (SSSR count). The molecule has 17 heavy (non-hydrogen) atoms. The molecule has 0 bridgehead atoms. The van der Waals surface area contributed by atoms with Gasteiger partial charge in [0, 0.05) is 13.1 Å². The maximum atomic E-state index is 11.7. The predicted molar refractivity (Wildman–Crippen MR) is 68.0 cm³/mol. The Balaban J connectivity index is 2.73. The lowest BCUT2D eigenvalue weighted by Crippen LogP contribution is -2.39. The minimum atomic E-state index is -0.665. The Morgan fingerprint density at radius 2 is 1.82 bits per heavy atom. The summed E-state index contributed by atoms with van der Waals surface area (Å²) in [6.45, 7) is 4.66. The van der Waals surface area contributed by atoms with Crippen LogP contribution in [0.1, 0.15) is 13.8 Å². The van der Waals surface area contributed by atoms with Gasteiger partial charge >= 0.3 is 11.8 Å². The van der Waals surface area contributed by atoms with Crippen molar-refractivity contribution in [3.63, 3.8) is 0 Å². The molecule has 0 spiro atoms. The normalized spacial score (nSPS) is 9.82. The smallest absolute Gasteiger partial charge is 0.313 e. The fourth-order valence-corrected chi connectivity index (χ4v) is 1.58. The van der Waals surface area contributed by atoms with Crippen LogP contribution in [0.5, 0.6) is 0 Å². The standard InChI is InChI=1S/C12H15ClN2O2/c1-3-15(4-2)12(17)11(16)14-10-8-6-5-7-9(10)13/h5-8H,3-4H2,1-2H3,(H,14,16). The maximum Gasteiger partial charge on any atom is 0.313 e. The zero-order valence-electron chi connectivity index (χ0n) is 9.87. The quantitative estimate of drug-likeness (QED) is 0.841. The van der Waals surface area contributed by atoms with Crippen molar-refractivity contribution in [1.29, 1.82) is 0 Å². The van der Waals surface area contributed by atoms with E-state index in [1.54, 1.807) is 24.3 Å². The third-order valence-electron chi connectivity index (χ3n) is 2.37. The molecule has 5 heteroatoms. The van der Waals surface area contributed by atoms with Gasteiger partial charge in [0.25, 0.3) is 0 Å². The minimum absolute atomic E-state index is 0.410. The van der Waals surface area contributed by atoms with Crippen LogP contribution in [0.3, 0.4) is 0 Å². The third kappa shape index (κ3) is 3.46. The number of nitrogens with one attached hydrogen (secondary N) is 1. The van der Waals surface area contributed by atoms with Gasteiger partial charge in [-0.1, -0.05) is 23.7 Å². The minimum Gasteiger partial charge on any atom is -0.335 e. The molecule has 0 aliphatic heterocycles. The zero-order chi connectivity index (χ0) is 12.8. The van der Waals surface area contributed by atoms with Crippen LogP contribution in [0.25, 0.3) is 0 Å². The molecule has 0 saturated heterocycles. The van der Waals surface area contributed by atoms with Crippen LogP contribution in [-0.2, 0) is 9.59 Å². The monoisotopic (exact) mass is 254 g/mol. The summed E-state index contributed by atoms with van der Waals surface area (Å²) < 4.78 is 0. The average molecular weight is 255 g/mol. The first-order chi connectivity index (χ1) is 8.10. The van der Waals surface area contributed by atoms with Crippen LogP contribution in [0.4, 0.5) is 5.69 Å². The lowest BCUT2D eigenvalue weighted by Gasteiger charge is -2.17. The molecule has 92 valence electrons. The van der Waals surface area contributed by atoms with Gasteiger partial charge in [-0.25, -0.2) is 0 Å². The van der Waals surface area contributed by atoms with Crippen molar-refractivity contribution in [2.75, 3.05) is 18.4 Å². The molecule has 0 aliphatic rings. The lowest BCUT2D eigenvalue weighted by atomic mass is 10.3. The number of benzene rings is 1. The van der Waals surface area contributed by atoms with E-state index in [1.165, 1.54) is 4.90 Å². The Morgan fingerprint density at radius 1 is 1.24 bits per heavy atom. The summed E-state index contributed by atoms with van der Waals surface area (Å²) in [4.78, 5) is 24.8. The maximum absolute atomic E-state index is 11.7. The molecule has 0 aromatic heterocycles. The molecule has 0 unspecified atom stereocenters. The molecular formula is C12H15ClN2O2. The summed E-state index contributed by atoms with van der Waals surface area (Å²) >= 11 is 5.88. The summed E-state index contributed by atoms with van der Waals surface area (Å²) in [6.07, 6.45) is 0. The van der Waals surface area contributed by atoms with E-state index >= 15 is 0 Å². The van der Waals surface area contributed by atoms with Gasteiger partial charge in [0.2, 0.25) is 0 Å². The first-order valence-electron chi connectivity index (χ1n) is 5.44. The Morgan fingerprint density at radius 3 is 2.35 bits per heavy atom. The number of para-hydroxylation sites is 1. The number of likely N-dealkylation sites (N-methyl/N-ethyl adjacent to an activating group) is 1. The van der Waals surface area contributed by atoms with Crippen LogP contribution in [-0.4, -0.2) is 29.8 Å². The first-order valence-corrected chi connectivity index (χ1v) is 5.82. The van der Waals surface area contributed by atoms with Crippen molar-refractivity contribution in [2.45, 2.75) is 13.8 Å². The van der Waals surface area contributed by atoms with Gasteiger partial charge in [-0.15, -0.1) is 0 Å². The van der Waals surface area contributed by atoms with Gasteiger partial charge in [0.15, 0.2) is 0 Å². The van der Waals surface area contributed by atoms with Gasteiger partial charge in [0.05, 0.1) is 10.7 Å². The van der Waals surface area contributed by atoms with Crippen molar-refractivity contribution in [3.8, 4) is 0 Å². The van der Waals surface area contributed by atoms with E-state index in [-0.39, 0.29) is 0 Å². The van der Waals surface area contributed by atoms with E-state index < -0.39 is 11.8 Å². The van der Waals surface area contributed by atoms with E-state index in [4.69, 9.17) is 11.6 Å². The Kier molecular flexibility index (Phi) is 4.97. The molecule has 0 atom stereocenters. The van der Waals surface area contributed by atoms with Crippen LogP contribution in [0, 0.1) is 0 Å². The van der Waals surface area contributed by atoms with Crippen LogP contribution in [0.15, 0.2) is 24.3 Å². The molecule has 1 aromatic carbocycles. The highest BCUT2D eigenvalue weighted by molar-refractivity contribution is 6.41. The lowest BCUT2D eigenvalue weighted by molar-refractivity contribution is -0.142. The molecule has 2 amide bonds. The highest BCUT2D eigenvalue weighted by atomic mass is 35.5. The number of anilines is 1. The van der Waals surface area contributed by atoms with Crippen molar-refractivity contribution in [2.24, 2.45) is 0 Å². The van der Waals surface area contributed by atoms with Gasteiger partial charge in [-0.2, -0.15) is 0 Å². The molecule has 0 saturated carbocycles. The van der Waals surface area contributed by atoms with Crippen LogP contribution >= 0.6 is 11.6 Å². The van der Waals surface area contributed by atoms with Gasteiger partial charge in [-0.05, 0) is 26.0 Å². The second kappa shape index (κ2) is 6.25. The van der Waals surface area contributed by atoms with Crippen molar-refractivity contribution >= 4 is 29.1 Å². The summed E-state index contributed by atoms with van der Waals surface area (Å²) in [5.74, 6) is -1.21. The number of amides is 2. The Bertz CT molecular complexity index is 417. The SMILES string of the molecule is CCN(CC)C(=O)C(=O)Nc1ccccc1Cl. The second-order valence-corrected chi connectivity index (χ2v) is 3.82. The molecule has 0 fully saturated rings. The molecule has 1 N–H and O–H groups in total. The van der Waals surface area contributed by atoms with Crippen molar-refractivity contribution in [3.05, 3.63) is 29.3 Å². The largest absolute Gasteiger partial charge is 0.335 e. The van der Waals surface area contributed by atoms with E-state index in [9.17, 15) is 9.59 Å². The molecule has 1 aromatic rings. The number of hydrogen-bond acceptors (Lipinski definition) is 2. The number of rotatable bonds is 3. The van der Waals surface area contributed by atoms with Gasteiger partial charge in [-0.3, -0.25) is 9.59 Å². The van der Waals surface area contributed by atoms with E-state index in [1.807, 2.05) is 13.8 Å². The Hall–Kier alpha value is -1.55. The number of halogens is 1. The Labute approximate surface area is 106 Å². The summed E-state index contributed by atoms with van der Waals surface area (Å²) in [5.41, 5.74) is 0.444. The molecule has 0 heterocycles. The number of hydrogen-bond donors (Lipinski definition) is 1. The highest BCUT2D eigenvalue weighted by Crippen LogP contribution is 2.20. The predicted octanol–water partition coefficient (Wildman–Crippen LogP) is 2.15. The summed E-state index contributed by atoms with van der Waals surface area (Å²) in [5, 5.41) is 2.91. The van der Waals surface area contributed by atoms with E-state index in [2.05, 4.69) is 5.32 Å². The topological polar surface area (TPSA) is 49.4 Å². The van der Waals surface area contributed by atoms with Crippen molar-refractivity contribution < 1.29 is 9.59 Å². The number of nitrogens with zero attached hydrogens (tertiary/aromatic N) is 1. The average Bonchev–Trinajstić information content (AvgIpc) is 2.33. The van der Waals surface area contributed by atoms with Crippen molar-refractivity contribution in [1.82, 2.24) is 4.90 Å². The van der Waals surface area contributed by atoms with E-state index in [0.29, 0.717) is 23.8 Å². The third-order valence-corrected chi connectivity index (χ3v) is 2.70. The summed E-state index contributed by atoms with van der Waals surface area (Å²) in [6, 6.07) is 6.79. The second-order valence-electron chi connectivity index (χ2n) is 3.41. The molecule has 4 nitrogen and oxygen atoms in total. The fourth-order valence-electron chi connectivity index (χ4n) is 1.39. The van der Waals surface area contributed by atoms with Crippen LogP contribution < -0.4 is 5.32 Å². The number of carbonyl (C=O) groups is 2. The molecular weight excluding hydrogens is 240 g/mol. The fraction of sp³-hybridized carbons (Fsp3) is 0.333. The molecule has 0 radical (unpaired) electrons. The highest BCUT2D eigenvalue weighted by Gasteiger charge is 2.19. The van der Waals surface area contributed by atoms with Crippen LogP contribution in [0.2, 0.25) is 5.02 Å². The molecule has 0 aliphatic carbocycles.